The first-order chi connectivity index (χ1) is 36.0. The smallest absolute Gasteiger partial charge is 0.306 e. The summed E-state index contributed by atoms with van der Waals surface area (Å²) in [6, 6.07) is 0. The van der Waals surface area contributed by atoms with Gasteiger partial charge in [0.05, 0.1) is 27.7 Å². The molecule has 2 atom stereocenters. The average molecular weight is 1060 g/mol. The van der Waals surface area contributed by atoms with Crippen molar-refractivity contribution in [1.29, 1.82) is 0 Å². The van der Waals surface area contributed by atoms with Gasteiger partial charge in [-0.25, -0.2) is 0 Å². The van der Waals surface area contributed by atoms with Crippen LogP contribution in [0, 0.1) is 0 Å². The largest absolute Gasteiger partial charge is 0.756 e. The predicted molar refractivity (Wildman–Crippen MR) is 314 cm³/mol. The van der Waals surface area contributed by atoms with Crippen LogP contribution in [0.1, 0.15) is 284 Å². The number of rotatable bonds is 57. The van der Waals surface area contributed by atoms with Crippen LogP contribution in [0.4, 0.5) is 0 Å². The SMILES string of the molecule is CC/C=C\C/C=C\C/C=C\C/C=C\C/C=C\CCCCCC(=O)OC(COC(=O)CCCCCCCCCCCCCCCCCCCCCCCCCCCCCCCCC)COP(=O)([O-])OCC[N+](C)(C)C. The summed E-state index contributed by atoms with van der Waals surface area (Å²) in [6.45, 7) is 4.12. The summed E-state index contributed by atoms with van der Waals surface area (Å²) in [5, 5.41) is 0. The Hall–Kier alpha value is -2.29. The quantitative estimate of drug-likeness (QED) is 0.0195. The Labute approximate surface area is 457 Å². The van der Waals surface area contributed by atoms with Crippen molar-refractivity contribution >= 4 is 19.8 Å². The van der Waals surface area contributed by atoms with Gasteiger partial charge in [0.1, 0.15) is 19.8 Å². The van der Waals surface area contributed by atoms with E-state index < -0.39 is 26.5 Å². The number of quaternary nitrogens is 1. The Bertz CT molecular complexity index is 1430. The molecule has 0 aliphatic carbocycles. The van der Waals surface area contributed by atoms with Crippen LogP contribution in [0.5, 0.6) is 0 Å². The third-order valence-electron chi connectivity index (χ3n) is 13.6. The van der Waals surface area contributed by atoms with Gasteiger partial charge in [0, 0.05) is 12.8 Å². The monoisotopic (exact) mass is 1060 g/mol. The number of hydrogen-bond donors (Lipinski definition) is 0. The molecule has 0 aliphatic heterocycles. The van der Waals surface area contributed by atoms with Gasteiger partial charge in [0.15, 0.2) is 6.10 Å². The first kappa shape index (κ1) is 71.7. The minimum absolute atomic E-state index is 0.0386. The lowest BCUT2D eigenvalue weighted by atomic mass is 10.0. The number of nitrogens with zero attached hydrogens (tertiary/aromatic N) is 1. The van der Waals surface area contributed by atoms with Crippen LogP contribution in [0.3, 0.4) is 0 Å². The van der Waals surface area contributed by atoms with Crippen molar-refractivity contribution in [2.45, 2.75) is 290 Å². The van der Waals surface area contributed by atoms with Crippen LogP contribution in [-0.4, -0.2) is 70.0 Å². The summed E-state index contributed by atoms with van der Waals surface area (Å²) in [7, 11) is 1.15. The number of phosphoric ester groups is 1. The molecule has 10 heteroatoms. The fraction of sp³-hybridized carbons (Fsp3) is 0.812. The molecule has 2 unspecified atom stereocenters. The first-order valence-corrected chi connectivity index (χ1v) is 32.5. The third kappa shape index (κ3) is 59.0. The van der Waals surface area contributed by atoms with Gasteiger partial charge >= 0.3 is 11.9 Å². The van der Waals surface area contributed by atoms with E-state index in [2.05, 4.69) is 74.6 Å². The molecule has 0 aliphatic rings. The van der Waals surface area contributed by atoms with Gasteiger partial charge in [-0.1, -0.05) is 274 Å². The van der Waals surface area contributed by atoms with E-state index in [4.69, 9.17) is 18.5 Å². The summed E-state index contributed by atoms with van der Waals surface area (Å²) in [6.07, 6.45) is 71.6. The van der Waals surface area contributed by atoms with Gasteiger partial charge in [-0.05, 0) is 57.8 Å². The lowest BCUT2D eigenvalue weighted by molar-refractivity contribution is -0.870. The standard InChI is InChI=1S/C64H118NO8P/c1-6-8-10-12-14-16-18-20-22-24-26-27-28-29-30-31-32-33-34-35-36-37-39-40-42-44-46-48-50-52-54-56-63(66)70-60-62(61-72-74(68,69)71-59-58-65(3,4)5)73-64(67)57-55-53-51-49-47-45-43-41-38-25-23-21-19-17-15-13-11-9-7-2/h9,11,15,17,21,23,38,41,45,47,62H,6-8,10,12-14,16,18-20,22,24-37,39-40,42-44,46,48-61H2,1-5H3/b11-9-,17-15-,23-21-,41-38-,47-45-. The number of esters is 2. The Morgan fingerprint density at radius 3 is 1.15 bits per heavy atom. The molecule has 0 N–H and O–H groups in total. The maximum atomic E-state index is 12.8. The molecule has 0 radical (unpaired) electrons. The van der Waals surface area contributed by atoms with Crippen LogP contribution in [0.2, 0.25) is 0 Å². The van der Waals surface area contributed by atoms with Crippen molar-refractivity contribution in [3.8, 4) is 0 Å². The Morgan fingerprint density at radius 2 is 0.770 bits per heavy atom. The molecule has 0 aromatic rings. The van der Waals surface area contributed by atoms with Crippen molar-refractivity contribution in [1.82, 2.24) is 0 Å². The van der Waals surface area contributed by atoms with Gasteiger partial charge in [0.2, 0.25) is 0 Å². The molecule has 0 saturated heterocycles. The second-order valence-electron chi connectivity index (χ2n) is 22.0. The van der Waals surface area contributed by atoms with E-state index in [1.54, 1.807) is 0 Å². The number of carbonyl (C=O) groups is 2. The number of phosphoric acid groups is 1. The van der Waals surface area contributed by atoms with E-state index in [0.29, 0.717) is 17.4 Å². The minimum atomic E-state index is -4.65. The lowest BCUT2D eigenvalue weighted by Gasteiger charge is -2.28. The lowest BCUT2D eigenvalue weighted by Crippen LogP contribution is -2.37. The molecule has 0 aromatic carbocycles. The Kier molecular flexibility index (Phi) is 53.7. The Morgan fingerprint density at radius 1 is 0.432 bits per heavy atom. The molecule has 432 valence electrons. The summed E-state index contributed by atoms with van der Waals surface area (Å²) in [5.74, 6) is -0.863. The van der Waals surface area contributed by atoms with Crippen molar-refractivity contribution in [2.24, 2.45) is 0 Å². The van der Waals surface area contributed by atoms with E-state index >= 15 is 0 Å². The van der Waals surface area contributed by atoms with Crippen molar-refractivity contribution in [3.63, 3.8) is 0 Å². The topological polar surface area (TPSA) is 111 Å². The van der Waals surface area contributed by atoms with Crippen molar-refractivity contribution in [3.05, 3.63) is 60.8 Å². The average Bonchev–Trinajstić information content (AvgIpc) is 3.36. The molecular weight excluding hydrogens is 942 g/mol. The fourth-order valence-corrected chi connectivity index (χ4v) is 9.53. The zero-order chi connectivity index (χ0) is 54.2. The van der Waals surface area contributed by atoms with Gasteiger partial charge in [-0.3, -0.25) is 14.2 Å². The zero-order valence-electron chi connectivity index (χ0n) is 49.0. The van der Waals surface area contributed by atoms with Crippen molar-refractivity contribution < 1.29 is 42.1 Å². The maximum Gasteiger partial charge on any atom is 0.306 e. The number of likely N-dealkylation sites (N-methyl/N-ethyl adjacent to an activating group) is 1. The number of allylic oxidation sites excluding steroid dienone is 10. The summed E-state index contributed by atoms with van der Waals surface area (Å²) in [4.78, 5) is 37.9. The molecule has 0 amide bonds. The molecule has 0 spiro atoms. The van der Waals surface area contributed by atoms with Gasteiger partial charge in [-0.15, -0.1) is 0 Å². The minimum Gasteiger partial charge on any atom is -0.756 e. The fourth-order valence-electron chi connectivity index (χ4n) is 8.80. The van der Waals surface area contributed by atoms with Crippen LogP contribution in [0.25, 0.3) is 0 Å². The number of unbranched alkanes of at least 4 members (excludes halogenated alkanes) is 33. The number of hydrogen-bond acceptors (Lipinski definition) is 8. The predicted octanol–water partition coefficient (Wildman–Crippen LogP) is 18.9. The molecular formula is C64H118NO8P. The summed E-state index contributed by atoms with van der Waals surface area (Å²) < 4.78 is 34.1. The number of ether oxygens (including phenoxy) is 2. The molecule has 0 saturated carbocycles. The molecule has 0 aromatic heterocycles. The van der Waals surface area contributed by atoms with E-state index in [9.17, 15) is 19.0 Å². The van der Waals surface area contributed by atoms with Crippen LogP contribution >= 0.6 is 7.82 Å². The third-order valence-corrected chi connectivity index (χ3v) is 14.5. The number of carbonyl (C=O) groups excluding carboxylic acids is 2. The summed E-state index contributed by atoms with van der Waals surface area (Å²) in [5.41, 5.74) is 0. The maximum absolute atomic E-state index is 12.8. The molecule has 0 bridgehead atoms. The second kappa shape index (κ2) is 55.5. The highest BCUT2D eigenvalue weighted by atomic mass is 31.2. The molecule has 0 heterocycles. The Balaban J connectivity index is 4.06. The molecule has 0 fully saturated rings. The van der Waals surface area contributed by atoms with Crippen molar-refractivity contribution in [2.75, 3.05) is 47.5 Å². The summed E-state index contributed by atoms with van der Waals surface area (Å²) >= 11 is 0. The second-order valence-corrected chi connectivity index (χ2v) is 23.5. The highest BCUT2D eigenvalue weighted by molar-refractivity contribution is 7.45. The van der Waals surface area contributed by atoms with E-state index in [1.165, 1.54) is 180 Å². The van der Waals surface area contributed by atoms with Gasteiger partial charge in [-0.2, -0.15) is 0 Å². The van der Waals surface area contributed by atoms with Gasteiger partial charge < -0.3 is 27.9 Å². The molecule has 9 nitrogen and oxygen atoms in total. The van der Waals surface area contributed by atoms with Crippen LogP contribution in [0.15, 0.2) is 60.8 Å². The zero-order valence-corrected chi connectivity index (χ0v) is 49.9. The highest BCUT2D eigenvalue weighted by Crippen LogP contribution is 2.38. The van der Waals surface area contributed by atoms with E-state index in [-0.39, 0.29) is 32.0 Å². The van der Waals surface area contributed by atoms with Crippen LogP contribution < -0.4 is 4.89 Å². The molecule has 0 rings (SSSR count). The van der Waals surface area contributed by atoms with E-state index in [0.717, 1.165) is 70.6 Å². The van der Waals surface area contributed by atoms with E-state index in [1.807, 2.05) is 21.1 Å². The first-order valence-electron chi connectivity index (χ1n) is 31.0. The normalized spacial score (nSPS) is 13.6. The van der Waals surface area contributed by atoms with Crippen LogP contribution in [-0.2, 0) is 32.7 Å². The molecule has 74 heavy (non-hydrogen) atoms. The highest BCUT2D eigenvalue weighted by Gasteiger charge is 2.22. The van der Waals surface area contributed by atoms with Gasteiger partial charge in [0.25, 0.3) is 7.82 Å².